The third-order valence-corrected chi connectivity index (χ3v) is 3.92. The van der Waals surface area contributed by atoms with Crippen LogP contribution in [0, 0.1) is 11.8 Å². The maximum Gasteiger partial charge on any atom is 0.00896 e. The van der Waals surface area contributed by atoms with Gasteiger partial charge in [0.25, 0.3) is 0 Å². The first-order valence-corrected chi connectivity index (χ1v) is 5.85. The summed E-state index contributed by atoms with van der Waals surface area (Å²) in [5.74, 6) is 1.86. The van der Waals surface area contributed by atoms with Gasteiger partial charge in [0.05, 0.1) is 0 Å². The van der Waals surface area contributed by atoms with Gasteiger partial charge in [0, 0.05) is 6.04 Å². The summed E-state index contributed by atoms with van der Waals surface area (Å²) in [6.07, 6.45) is 5.65. The molecule has 0 spiro atoms. The van der Waals surface area contributed by atoms with E-state index in [-0.39, 0.29) is 0 Å². The first-order valence-electron chi connectivity index (χ1n) is 5.85. The van der Waals surface area contributed by atoms with E-state index in [2.05, 4.69) is 32.7 Å². The van der Waals surface area contributed by atoms with Gasteiger partial charge in [0.15, 0.2) is 0 Å². The first-order chi connectivity index (χ1) is 6.15. The van der Waals surface area contributed by atoms with Gasteiger partial charge in [0.2, 0.25) is 0 Å². The predicted molar refractivity (Wildman–Crippen MR) is 58.9 cm³/mol. The normalized spacial score (nSPS) is 38.3. The summed E-state index contributed by atoms with van der Waals surface area (Å²) in [7, 11) is 2.27. The highest BCUT2D eigenvalue weighted by Gasteiger charge is 2.22. The molecule has 0 N–H and O–H groups in total. The topological polar surface area (TPSA) is 3.24 Å². The molecular weight excluding hydrogens is 158 g/mol. The third-order valence-electron chi connectivity index (χ3n) is 3.92. The smallest absolute Gasteiger partial charge is 0.00896 e. The number of likely N-dealkylation sites (tertiary alicyclic amines) is 1. The van der Waals surface area contributed by atoms with Gasteiger partial charge in [-0.3, -0.25) is 0 Å². The molecule has 1 heteroatoms. The highest BCUT2D eigenvalue weighted by Crippen LogP contribution is 2.27. The lowest BCUT2D eigenvalue weighted by molar-refractivity contribution is 0.146. The zero-order valence-electron chi connectivity index (χ0n) is 9.71. The van der Waals surface area contributed by atoms with Crippen LogP contribution in [0.5, 0.6) is 0 Å². The molecule has 0 aliphatic carbocycles. The van der Waals surface area contributed by atoms with E-state index >= 15 is 0 Å². The standard InChI is InChI=1S/C12H25N/c1-5-12-7-6-8-13(4)11(3)10(2)9-12/h10-12H,5-9H2,1-4H3. The average Bonchev–Trinajstić information content (AvgIpc) is 2.13. The van der Waals surface area contributed by atoms with Crippen LogP contribution < -0.4 is 0 Å². The van der Waals surface area contributed by atoms with Crippen LogP contribution in [0.3, 0.4) is 0 Å². The molecule has 1 fully saturated rings. The molecule has 1 heterocycles. The van der Waals surface area contributed by atoms with E-state index in [0.29, 0.717) is 0 Å². The number of nitrogens with zero attached hydrogens (tertiary/aromatic N) is 1. The van der Waals surface area contributed by atoms with Gasteiger partial charge in [-0.05, 0) is 51.6 Å². The second kappa shape index (κ2) is 4.99. The van der Waals surface area contributed by atoms with Crippen molar-refractivity contribution in [2.45, 2.75) is 52.5 Å². The fourth-order valence-electron chi connectivity index (χ4n) is 2.48. The van der Waals surface area contributed by atoms with E-state index in [1.807, 2.05) is 0 Å². The Labute approximate surface area is 83.5 Å². The maximum absolute atomic E-state index is 2.52. The minimum Gasteiger partial charge on any atom is -0.303 e. The van der Waals surface area contributed by atoms with Crippen molar-refractivity contribution in [1.29, 1.82) is 0 Å². The summed E-state index contributed by atoms with van der Waals surface area (Å²) in [6, 6.07) is 0.773. The van der Waals surface area contributed by atoms with Crippen molar-refractivity contribution >= 4 is 0 Å². The third kappa shape index (κ3) is 2.98. The molecule has 0 aromatic heterocycles. The Balaban J connectivity index is 2.51. The average molecular weight is 183 g/mol. The molecule has 1 nitrogen and oxygen atoms in total. The molecule has 3 unspecified atom stereocenters. The SMILES string of the molecule is CCC1CCCN(C)C(C)C(C)C1. The largest absolute Gasteiger partial charge is 0.303 e. The summed E-state index contributed by atoms with van der Waals surface area (Å²) in [5.41, 5.74) is 0. The van der Waals surface area contributed by atoms with E-state index in [1.54, 1.807) is 0 Å². The molecule has 0 bridgehead atoms. The molecule has 0 saturated carbocycles. The molecular formula is C12H25N. The number of hydrogen-bond acceptors (Lipinski definition) is 1. The van der Waals surface area contributed by atoms with Gasteiger partial charge in [-0.1, -0.05) is 20.3 Å². The van der Waals surface area contributed by atoms with Gasteiger partial charge in [0.1, 0.15) is 0 Å². The van der Waals surface area contributed by atoms with Crippen LogP contribution in [0.2, 0.25) is 0 Å². The fraction of sp³-hybridized carbons (Fsp3) is 1.00. The first kappa shape index (κ1) is 11.0. The molecule has 0 radical (unpaired) electrons. The summed E-state index contributed by atoms with van der Waals surface area (Å²) in [5, 5.41) is 0. The maximum atomic E-state index is 2.52. The van der Waals surface area contributed by atoms with Gasteiger partial charge in [-0.2, -0.15) is 0 Å². The van der Waals surface area contributed by atoms with E-state index in [4.69, 9.17) is 0 Å². The Bertz CT molecular complexity index is 144. The molecule has 0 amide bonds. The van der Waals surface area contributed by atoms with E-state index in [1.165, 1.54) is 32.2 Å². The van der Waals surface area contributed by atoms with E-state index < -0.39 is 0 Å². The molecule has 3 atom stereocenters. The summed E-state index contributed by atoms with van der Waals surface area (Å²) >= 11 is 0. The van der Waals surface area contributed by atoms with Crippen LogP contribution >= 0.6 is 0 Å². The van der Waals surface area contributed by atoms with Crippen molar-refractivity contribution in [3.63, 3.8) is 0 Å². The Morgan fingerprint density at radius 1 is 1.31 bits per heavy atom. The molecule has 1 aliphatic rings. The minimum absolute atomic E-state index is 0.773. The van der Waals surface area contributed by atoms with Crippen LogP contribution in [0.4, 0.5) is 0 Å². The lowest BCUT2D eigenvalue weighted by atomic mass is 9.84. The summed E-state index contributed by atoms with van der Waals surface area (Å²) in [6.45, 7) is 8.42. The van der Waals surface area contributed by atoms with Crippen LogP contribution in [0.15, 0.2) is 0 Å². The second-order valence-electron chi connectivity index (χ2n) is 4.85. The highest BCUT2D eigenvalue weighted by molar-refractivity contribution is 4.76. The molecule has 1 aliphatic heterocycles. The lowest BCUT2D eigenvalue weighted by Gasteiger charge is -2.35. The van der Waals surface area contributed by atoms with Crippen molar-refractivity contribution in [2.24, 2.45) is 11.8 Å². The number of hydrogen-bond donors (Lipinski definition) is 0. The fourth-order valence-corrected chi connectivity index (χ4v) is 2.48. The van der Waals surface area contributed by atoms with Crippen LogP contribution in [0.1, 0.15) is 46.5 Å². The molecule has 1 rings (SSSR count). The van der Waals surface area contributed by atoms with E-state index in [0.717, 1.165) is 17.9 Å². The van der Waals surface area contributed by atoms with Crippen molar-refractivity contribution in [3.8, 4) is 0 Å². The minimum atomic E-state index is 0.773. The highest BCUT2D eigenvalue weighted by atomic mass is 15.1. The molecule has 0 aromatic rings. The Morgan fingerprint density at radius 2 is 2.00 bits per heavy atom. The van der Waals surface area contributed by atoms with Crippen LogP contribution in [-0.2, 0) is 0 Å². The van der Waals surface area contributed by atoms with Crippen molar-refractivity contribution in [2.75, 3.05) is 13.6 Å². The van der Waals surface area contributed by atoms with E-state index in [9.17, 15) is 0 Å². The quantitative estimate of drug-likeness (QED) is 0.603. The monoisotopic (exact) mass is 183 g/mol. The Kier molecular flexibility index (Phi) is 4.24. The van der Waals surface area contributed by atoms with Gasteiger partial charge < -0.3 is 4.90 Å². The van der Waals surface area contributed by atoms with Crippen LogP contribution in [0.25, 0.3) is 0 Å². The predicted octanol–water partition coefficient (Wildman–Crippen LogP) is 3.15. The molecule has 0 aromatic carbocycles. The van der Waals surface area contributed by atoms with Gasteiger partial charge in [-0.25, -0.2) is 0 Å². The number of rotatable bonds is 1. The van der Waals surface area contributed by atoms with Crippen LogP contribution in [-0.4, -0.2) is 24.5 Å². The summed E-state index contributed by atoms with van der Waals surface area (Å²) < 4.78 is 0. The van der Waals surface area contributed by atoms with Crippen molar-refractivity contribution in [3.05, 3.63) is 0 Å². The molecule has 1 saturated heterocycles. The summed E-state index contributed by atoms with van der Waals surface area (Å²) in [4.78, 5) is 2.52. The molecule has 78 valence electrons. The zero-order chi connectivity index (χ0) is 9.84. The second-order valence-corrected chi connectivity index (χ2v) is 4.85. The Hall–Kier alpha value is -0.0400. The van der Waals surface area contributed by atoms with Crippen molar-refractivity contribution in [1.82, 2.24) is 4.90 Å². The van der Waals surface area contributed by atoms with Gasteiger partial charge >= 0.3 is 0 Å². The van der Waals surface area contributed by atoms with Gasteiger partial charge in [-0.15, -0.1) is 0 Å². The lowest BCUT2D eigenvalue weighted by Crippen LogP contribution is -2.37. The zero-order valence-corrected chi connectivity index (χ0v) is 9.71. The van der Waals surface area contributed by atoms with Crippen molar-refractivity contribution < 1.29 is 0 Å². The Morgan fingerprint density at radius 3 is 2.62 bits per heavy atom. The molecule has 13 heavy (non-hydrogen) atoms.